The van der Waals surface area contributed by atoms with Gasteiger partial charge < -0.3 is 9.80 Å². The number of carbonyl (C=O) groups is 1. The maximum absolute atomic E-state index is 12.5. The smallest absolute Gasteiger partial charge is 0.225 e. The van der Waals surface area contributed by atoms with Crippen molar-refractivity contribution in [1.82, 2.24) is 19.2 Å². The normalized spacial score (nSPS) is 16.4. The van der Waals surface area contributed by atoms with Crippen molar-refractivity contribution in [2.45, 2.75) is 32.7 Å². The summed E-state index contributed by atoms with van der Waals surface area (Å²) in [5.74, 6) is 0.650. The van der Waals surface area contributed by atoms with E-state index in [-0.39, 0.29) is 18.9 Å². The molecule has 1 aliphatic heterocycles. The molecule has 0 radical (unpaired) electrons. The Labute approximate surface area is 149 Å². The number of rotatable bonds is 5. The number of anilines is 1. The molecule has 1 aromatic rings. The number of piperazine rings is 1. The maximum Gasteiger partial charge on any atom is 0.225 e. The predicted molar refractivity (Wildman–Crippen MR) is 96.7 cm³/mol. The van der Waals surface area contributed by atoms with Crippen LogP contribution in [0.2, 0.25) is 0 Å². The van der Waals surface area contributed by atoms with E-state index in [1.807, 2.05) is 25.7 Å². The Balaban J connectivity index is 1.88. The third-order valence-electron chi connectivity index (χ3n) is 4.14. The van der Waals surface area contributed by atoms with Crippen molar-refractivity contribution >= 4 is 21.9 Å². The van der Waals surface area contributed by atoms with Crippen molar-refractivity contribution in [2.24, 2.45) is 0 Å². The SMILES string of the molecule is CC(C)(C)N(CCC(=O)N1CCN(c2ncccn2)CC1)S(C)(=O)=O. The molecule has 0 spiro atoms. The van der Waals surface area contributed by atoms with Crippen LogP contribution in [0.4, 0.5) is 5.95 Å². The third-order valence-corrected chi connectivity index (χ3v) is 5.68. The molecule has 2 heterocycles. The molecule has 1 aromatic heterocycles. The van der Waals surface area contributed by atoms with Gasteiger partial charge in [-0.25, -0.2) is 18.4 Å². The summed E-state index contributed by atoms with van der Waals surface area (Å²) in [6, 6.07) is 1.77. The molecule has 0 aromatic carbocycles. The topological polar surface area (TPSA) is 86.7 Å². The van der Waals surface area contributed by atoms with Crippen molar-refractivity contribution in [3.63, 3.8) is 0 Å². The first-order valence-corrected chi connectivity index (χ1v) is 10.2. The quantitative estimate of drug-likeness (QED) is 0.754. The molecule has 2 rings (SSSR count). The number of hydrogen-bond acceptors (Lipinski definition) is 6. The van der Waals surface area contributed by atoms with Crippen LogP contribution in [0, 0.1) is 0 Å². The Morgan fingerprint density at radius 3 is 2.20 bits per heavy atom. The van der Waals surface area contributed by atoms with Gasteiger partial charge in [0.25, 0.3) is 0 Å². The number of aromatic nitrogens is 2. The minimum Gasteiger partial charge on any atom is -0.339 e. The first-order chi connectivity index (χ1) is 11.6. The number of carbonyl (C=O) groups excluding carboxylic acids is 1. The van der Waals surface area contributed by atoms with Crippen molar-refractivity contribution in [1.29, 1.82) is 0 Å². The minimum absolute atomic E-state index is 0.0217. The Morgan fingerprint density at radius 1 is 1.16 bits per heavy atom. The van der Waals surface area contributed by atoms with Crippen molar-refractivity contribution in [3.8, 4) is 0 Å². The highest BCUT2D eigenvalue weighted by Crippen LogP contribution is 2.18. The molecule has 1 fully saturated rings. The van der Waals surface area contributed by atoms with Crippen LogP contribution < -0.4 is 4.90 Å². The van der Waals surface area contributed by atoms with Crippen LogP contribution in [0.5, 0.6) is 0 Å². The van der Waals surface area contributed by atoms with E-state index in [0.717, 1.165) is 0 Å². The van der Waals surface area contributed by atoms with Gasteiger partial charge in [-0.15, -0.1) is 0 Å². The third kappa shape index (κ3) is 5.37. The van der Waals surface area contributed by atoms with Gasteiger partial charge in [-0.1, -0.05) is 0 Å². The molecule has 0 aliphatic carbocycles. The highest BCUT2D eigenvalue weighted by atomic mass is 32.2. The molecule has 9 heteroatoms. The molecule has 0 bridgehead atoms. The molecule has 8 nitrogen and oxygen atoms in total. The average molecular weight is 369 g/mol. The van der Waals surface area contributed by atoms with Gasteiger partial charge in [-0.3, -0.25) is 4.79 Å². The predicted octanol–water partition coefficient (Wildman–Crippen LogP) is 0.575. The van der Waals surface area contributed by atoms with Gasteiger partial charge in [0.15, 0.2) is 0 Å². The van der Waals surface area contributed by atoms with Crippen LogP contribution in [-0.2, 0) is 14.8 Å². The first kappa shape index (κ1) is 19.6. The van der Waals surface area contributed by atoms with Crippen LogP contribution in [0.3, 0.4) is 0 Å². The van der Waals surface area contributed by atoms with Crippen LogP contribution >= 0.6 is 0 Å². The number of nitrogens with zero attached hydrogens (tertiary/aromatic N) is 5. The average Bonchev–Trinajstić information content (AvgIpc) is 2.53. The molecule has 140 valence electrons. The molecule has 0 atom stereocenters. The molecule has 0 unspecified atom stereocenters. The van der Waals surface area contributed by atoms with E-state index in [2.05, 4.69) is 9.97 Å². The lowest BCUT2D eigenvalue weighted by atomic mass is 10.1. The van der Waals surface area contributed by atoms with Crippen molar-refractivity contribution < 1.29 is 13.2 Å². The summed E-state index contributed by atoms with van der Waals surface area (Å²) >= 11 is 0. The van der Waals surface area contributed by atoms with Crippen LogP contribution in [-0.4, -0.2) is 78.0 Å². The minimum atomic E-state index is -3.36. The van der Waals surface area contributed by atoms with Crippen molar-refractivity contribution in [2.75, 3.05) is 43.9 Å². The number of sulfonamides is 1. The Hall–Kier alpha value is -1.74. The van der Waals surface area contributed by atoms with E-state index in [4.69, 9.17) is 0 Å². The molecule has 0 N–H and O–H groups in total. The van der Waals surface area contributed by atoms with E-state index in [1.165, 1.54) is 10.6 Å². The monoisotopic (exact) mass is 369 g/mol. The largest absolute Gasteiger partial charge is 0.339 e. The highest BCUT2D eigenvalue weighted by molar-refractivity contribution is 7.88. The first-order valence-electron chi connectivity index (χ1n) is 8.36. The summed E-state index contributed by atoms with van der Waals surface area (Å²) in [5.41, 5.74) is -0.544. The van der Waals surface area contributed by atoms with Crippen LogP contribution in [0.1, 0.15) is 27.2 Å². The van der Waals surface area contributed by atoms with E-state index in [0.29, 0.717) is 32.1 Å². The zero-order valence-corrected chi connectivity index (χ0v) is 16.2. The molecular weight excluding hydrogens is 342 g/mol. The van der Waals surface area contributed by atoms with Gasteiger partial charge >= 0.3 is 0 Å². The lowest BCUT2D eigenvalue weighted by molar-refractivity contribution is -0.131. The van der Waals surface area contributed by atoms with Gasteiger partial charge in [-0.2, -0.15) is 4.31 Å². The van der Waals surface area contributed by atoms with Crippen molar-refractivity contribution in [3.05, 3.63) is 18.5 Å². The second kappa shape index (κ2) is 7.65. The fourth-order valence-electron chi connectivity index (χ4n) is 2.96. The number of hydrogen-bond donors (Lipinski definition) is 0. The summed E-state index contributed by atoms with van der Waals surface area (Å²) in [6.45, 7) is 8.21. The van der Waals surface area contributed by atoms with Gasteiger partial charge in [-0.05, 0) is 26.8 Å². The zero-order chi connectivity index (χ0) is 18.7. The molecule has 1 saturated heterocycles. The summed E-state index contributed by atoms with van der Waals surface area (Å²) in [4.78, 5) is 24.7. The van der Waals surface area contributed by atoms with E-state index < -0.39 is 15.6 Å². The van der Waals surface area contributed by atoms with E-state index >= 15 is 0 Å². The lowest BCUT2D eigenvalue weighted by Gasteiger charge is -2.36. The maximum atomic E-state index is 12.5. The molecule has 25 heavy (non-hydrogen) atoms. The van der Waals surface area contributed by atoms with Gasteiger partial charge in [0.1, 0.15) is 0 Å². The summed E-state index contributed by atoms with van der Waals surface area (Å²) in [6.07, 6.45) is 4.77. The highest BCUT2D eigenvalue weighted by Gasteiger charge is 2.31. The Bertz CT molecular complexity index is 679. The van der Waals surface area contributed by atoms with Crippen LogP contribution in [0.25, 0.3) is 0 Å². The summed E-state index contributed by atoms with van der Waals surface area (Å²) < 4.78 is 25.3. The lowest BCUT2D eigenvalue weighted by Crippen LogP contribution is -2.51. The second-order valence-corrected chi connectivity index (χ2v) is 9.08. The van der Waals surface area contributed by atoms with Gasteiger partial charge in [0.05, 0.1) is 6.26 Å². The van der Waals surface area contributed by atoms with Crippen LogP contribution in [0.15, 0.2) is 18.5 Å². The zero-order valence-electron chi connectivity index (χ0n) is 15.3. The summed E-state index contributed by atoms with van der Waals surface area (Å²) in [7, 11) is -3.36. The van der Waals surface area contributed by atoms with Gasteiger partial charge in [0, 0.05) is 57.1 Å². The van der Waals surface area contributed by atoms with E-state index in [1.54, 1.807) is 23.4 Å². The standard InChI is InChI=1S/C16H27N5O3S/c1-16(2,3)21(25(4,23)24)9-6-14(22)19-10-12-20(13-11-19)15-17-7-5-8-18-15/h5,7-8H,6,9-13H2,1-4H3. The van der Waals surface area contributed by atoms with Gasteiger partial charge in [0.2, 0.25) is 21.9 Å². The molecular formula is C16H27N5O3S. The van der Waals surface area contributed by atoms with E-state index in [9.17, 15) is 13.2 Å². The fourth-order valence-corrected chi connectivity index (χ4v) is 4.38. The Morgan fingerprint density at radius 2 is 1.72 bits per heavy atom. The second-order valence-electron chi connectivity index (χ2n) is 7.17. The number of amides is 1. The molecule has 1 aliphatic rings. The summed E-state index contributed by atoms with van der Waals surface area (Å²) in [5, 5.41) is 0. The fraction of sp³-hybridized carbons (Fsp3) is 0.688. The molecule has 1 amide bonds. The Kier molecular flexibility index (Phi) is 5.99. The molecule has 0 saturated carbocycles.